The quantitative estimate of drug-likeness (QED) is 0.339. The van der Waals surface area contributed by atoms with Gasteiger partial charge in [0.1, 0.15) is 23.4 Å². The SMILES string of the molecule is C[C@H]1Cc2cc(/C(O)=C3\C(=O)C(=O)N(CCc4ccccc4)[C@H]3c3ccc(F)cc3)ccc2O1. The van der Waals surface area contributed by atoms with Crippen molar-refractivity contribution in [3.05, 3.63) is 106 Å². The number of aliphatic hydroxyl groups is 1. The van der Waals surface area contributed by atoms with Crippen molar-refractivity contribution in [3.63, 3.8) is 0 Å². The van der Waals surface area contributed by atoms with Crippen LogP contribution in [0.25, 0.3) is 5.76 Å². The number of aliphatic hydroxyl groups excluding tert-OH is 1. The molecular formula is C28H24FNO4. The Kier molecular flexibility index (Phi) is 5.65. The first-order chi connectivity index (χ1) is 16.4. The molecule has 2 atom stereocenters. The average Bonchev–Trinajstić information content (AvgIpc) is 3.34. The number of nitrogens with zero attached hydrogens (tertiary/aromatic N) is 1. The van der Waals surface area contributed by atoms with Crippen molar-refractivity contribution >= 4 is 17.4 Å². The highest BCUT2D eigenvalue weighted by Crippen LogP contribution is 2.40. The number of fused-ring (bicyclic) bond motifs is 1. The molecule has 1 N–H and O–H groups in total. The zero-order valence-electron chi connectivity index (χ0n) is 18.7. The Morgan fingerprint density at radius 2 is 1.79 bits per heavy atom. The van der Waals surface area contributed by atoms with E-state index in [4.69, 9.17) is 4.74 Å². The summed E-state index contributed by atoms with van der Waals surface area (Å²) in [5.74, 6) is -1.33. The lowest BCUT2D eigenvalue weighted by Crippen LogP contribution is -2.31. The van der Waals surface area contributed by atoms with Gasteiger partial charge in [-0.3, -0.25) is 9.59 Å². The van der Waals surface area contributed by atoms with Gasteiger partial charge in [-0.1, -0.05) is 42.5 Å². The Morgan fingerprint density at radius 1 is 1.06 bits per heavy atom. The van der Waals surface area contributed by atoms with E-state index in [2.05, 4.69) is 0 Å². The third kappa shape index (κ3) is 3.96. The molecule has 3 aromatic carbocycles. The molecule has 5 nitrogen and oxygen atoms in total. The molecule has 6 heteroatoms. The van der Waals surface area contributed by atoms with E-state index in [1.807, 2.05) is 37.3 Å². The fourth-order valence-electron chi connectivity index (χ4n) is 4.72. The molecule has 172 valence electrons. The Bertz CT molecular complexity index is 1280. The number of halogens is 1. The normalized spacial score (nSPS) is 20.9. The molecule has 0 bridgehead atoms. The third-order valence-corrected chi connectivity index (χ3v) is 6.38. The van der Waals surface area contributed by atoms with Crippen LogP contribution in [0, 0.1) is 5.82 Å². The number of likely N-dealkylation sites (tertiary alicyclic amines) is 1. The Labute approximate surface area is 197 Å². The lowest BCUT2D eigenvalue weighted by atomic mass is 9.94. The van der Waals surface area contributed by atoms with Crippen LogP contribution in [0.1, 0.15) is 35.2 Å². The van der Waals surface area contributed by atoms with Crippen molar-refractivity contribution in [2.45, 2.75) is 31.9 Å². The van der Waals surface area contributed by atoms with Crippen LogP contribution in [0.4, 0.5) is 4.39 Å². The minimum absolute atomic E-state index is 0.0107. The van der Waals surface area contributed by atoms with Gasteiger partial charge in [-0.25, -0.2) is 4.39 Å². The van der Waals surface area contributed by atoms with E-state index in [1.54, 1.807) is 30.3 Å². The molecule has 1 amide bonds. The number of ether oxygens (including phenoxy) is 1. The number of carbonyl (C=O) groups excluding carboxylic acids is 2. The number of Topliss-reactive ketones (excluding diaryl/α,β-unsaturated/α-hetero) is 1. The van der Waals surface area contributed by atoms with E-state index in [0.29, 0.717) is 24.0 Å². The van der Waals surface area contributed by atoms with Crippen LogP contribution in [-0.2, 0) is 22.4 Å². The van der Waals surface area contributed by atoms with Crippen molar-refractivity contribution in [1.82, 2.24) is 4.90 Å². The highest BCUT2D eigenvalue weighted by molar-refractivity contribution is 6.46. The van der Waals surface area contributed by atoms with Crippen molar-refractivity contribution in [2.75, 3.05) is 6.54 Å². The number of benzene rings is 3. The molecule has 0 unspecified atom stereocenters. The van der Waals surface area contributed by atoms with Crippen LogP contribution in [0.2, 0.25) is 0 Å². The van der Waals surface area contributed by atoms with Gasteiger partial charge in [0.05, 0.1) is 11.6 Å². The number of ketones is 1. The van der Waals surface area contributed by atoms with Gasteiger partial charge in [0.2, 0.25) is 0 Å². The molecule has 5 rings (SSSR count). The van der Waals surface area contributed by atoms with Crippen LogP contribution >= 0.6 is 0 Å². The summed E-state index contributed by atoms with van der Waals surface area (Å²) in [6.45, 7) is 2.25. The number of amides is 1. The molecule has 1 saturated heterocycles. The molecule has 1 fully saturated rings. The van der Waals surface area contributed by atoms with Gasteiger partial charge in [0.15, 0.2) is 0 Å². The molecule has 0 saturated carbocycles. The summed E-state index contributed by atoms with van der Waals surface area (Å²) in [7, 11) is 0. The second kappa shape index (κ2) is 8.78. The summed E-state index contributed by atoms with van der Waals surface area (Å²) in [6, 6.07) is 19.8. The van der Waals surface area contributed by atoms with Gasteiger partial charge in [0, 0.05) is 18.5 Å². The molecule has 2 aliphatic rings. The summed E-state index contributed by atoms with van der Waals surface area (Å²) in [5.41, 5.74) is 2.98. The second-order valence-corrected chi connectivity index (χ2v) is 8.73. The van der Waals surface area contributed by atoms with Gasteiger partial charge in [0.25, 0.3) is 11.7 Å². The predicted octanol–water partition coefficient (Wildman–Crippen LogP) is 4.81. The number of hydrogen-bond donors (Lipinski definition) is 1. The highest BCUT2D eigenvalue weighted by atomic mass is 19.1. The van der Waals surface area contributed by atoms with Gasteiger partial charge < -0.3 is 14.7 Å². The van der Waals surface area contributed by atoms with Crippen LogP contribution in [-0.4, -0.2) is 34.3 Å². The summed E-state index contributed by atoms with van der Waals surface area (Å²) in [5, 5.41) is 11.3. The summed E-state index contributed by atoms with van der Waals surface area (Å²) in [4.78, 5) is 27.7. The first kappa shape index (κ1) is 21.9. The predicted molar refractivity (Wildman–Crippen MR) is 126 cm³/mol. The van der Waals surface area contributed by atoms with Gasteiger partial charge in [-0.15, -0.1) is 0 Å². The summed E-state index contributed by atoms with van der Waals surface area (Å²) < 4.78 is 19.4. The lowest BCUT2D eigenvalue weighted by molar-refractivity contribution is -0.139. The molecule has 0 radical (unpaired) electrons. The number of hydrogen-bond acceptors (Lipinski definition) is 4. The maximum Gasteiger partial charge on any atom is 0.295 e. The number of rotatable bonds is 5. The van der Waals surface area contributed by atoms with Crippen molar-refractivity contribution in [2.24, 2.45) is 0 Å². The molecular weight excluding hydrogens is 433 g/mol. The van der Waals surface area contributed by atoms with E-state index < -0.39 is 23.5 Å². The Morgan fingerprint density at radius 3 is 2.53 bits per heavy atom. The average molecular weight is 458 g/mol. The largest absolute Gasteiger partial charge is 0.507 e. The van der Waals surface area contributed by atoms with Crippen molar-refractivity contribution < 1.29 is 23.8 Å². The fraction of sp³-hybridized carbons (Fsp3) is 0.214. The van der Waals surface area contributed by atoms with E-state index >= 15 is 0 Å². The molecule has 3 aromatic rings. The maximum atomic E-state index is 13.7. The second-order valence-electron chi connectivity index (χ2n) is 8.73. The van der Waals surface area contributed by atoms with E-state index in [-0.39, 0.29) is 24.0 Å². The zero-order chi connectivity index (χ0) is 23.8. The van der Waals surface area contributed by atoms with Crippen LogP contribution in [0.15, 0.2) is 78.4 Å². The van der Waals surface area contributed by atoms with E-state index in [1.165, 1.54) is 17.0 Å². The van der Waals surface area contributed by atoms with E-state index in [0.717, 1.165) is 16.9 Å². The van der Waals surface area contributed by atoms with Crippen molar-refractivity contribution in [1.29, 1.82) is 0 Å². The minimum Gasteiger partial charge on any atom is -0.507 e. The Balaban J connectivity index is 1.57. The zero-order valence-corrected chi connectivity index (χ0v) is 18.7. The summed E-state index contributed by atoms with van der Waals surface area (Å²) in [6.07, 6.45) is 1.28. The lowest BCUT2D eigenvalue weighted by Gasteiger charge is -2.25. The standard InChI is InChI=1S/C28H24FNO4/c1-17-15-21-16-20(9-12-23(21)34-17)26(31)24-25(19-7-10-22(29)11-8-19)30(28(33)27(24)32)14-13-18-5-3-2-4-6-18/h2-12,16-17,25,31H,13-15H2,1H3/b26-24+/t17-,25-/m0/s1. The smallest absolute Gasteiger partial charge is 0.295 e. The molecule has 0 aliphatic carbocycles. The van der Waals surface area contributed by atoms with Crippen LogP contribution in [0.3, 0.4) is 0 Å². The molecule has 2 aliphatic heterocycles. The van der Waals surface area contributed by atoms with Gasteiger partial charge in [-0.2, -0.15) is 0 Å². The molecule has 2 heterocycles. The monoisotopic (exact) mass is 457 g/mol. The molecule has 0 aromatic heterocycles. The first-order valence-corrected chi connectivity index (χ1v) is 11.3. The van der Waals surface area contributed by atoms with Crippen LogP contribution in [0.5, 0.6) is 5.75 Å². The summed E-state index contributed by atoms with van der Waals surface area (Å²) >= 11 is 0. The minimum atomic E-state index is -0.812. The highest BCUT2D eigenvalue weighted by Gasteiger charge is 2.45. The van der Waals surface area contributed by atoms with E-state index in [9.17, 15) is 19.1 Å². The fourth-order valence-corrected chi connectivity index (χ4v) is 4.72. The van der Waals surface area contributed by atoms with Crippen LogP contribution < -0.4 is 4.74 Å². The Hall–Kier alpha value is -3.93. The maximum absolute atomic E-state index is 13.7. The molecule has 34 heavy (non-hydrogen) atoms. The first-order valence-electron chi connectivity index (χ1n) is 11.3. The topological polar surface area (TPSA) is 66.8 Å². The van der Waals surface area contributed by atoms with Crippen molar-refractivity contribution in [3.8, 4) is 5.75 Å². The number of carbonyl (C=O) groups is 2. The third-order valence-electron chi connectivity index (χ3n) is 6.38. The van der Waals surface area contributed by atoms with Gasteiger partial charge >= 0.3 is 0 Å². The molecule has 0 spiro atoms. The van der Waals surface area contributed by atoms with Gasteiger partial charge in [-0.05, 0) is 60.4 Å².